The Hall–Kier alpha value is -1.59. The highest BCUT2D eigenvalue weighted by Crippen LogP contribution is 2.12. The molecule has 0 saturated carbocycles. The first-order valence-electron chi connectivity index (χ1n) is 6.84. The summed E-state index contributed by atoms with van der Waals surface area (Å²) >= 11 is 7.54. The van der Waals surface area contributed by atoms with Crippen LogP contribution in [-0.2, 0) is 13.1 Å². The molecule has 1 aromatic carbocycles. The number of rotatable bonds is 5. The lowest BCUT2D eigenvalue weighted by molar-refractivity contribution is 0.819. The van der Waals surface area contributed by atoms with Gasteiger partial charge in [0.2, 0.25) is 0 Å². The second-order valence-electron chi connectivity index (χ2n) is 4.54. The highest BCUT2D eigenvalue weighted by atomic mass is 35.5. The first kappa shape index (κ1) is 15.8. The Kier molecular flexibility index (Phi) is 6.02. The third-order valence-electron chi connectivity index (χ3n) is 2.94. The smallest absolute Gasteiger partial charge is 0.191 e. The number of aryl methyl sites for hydroxylation is 1. The fourth-order valence-corrected chi connectivity index (χ4v) is 2.60. The fourth-order valence-electron chi connectivity index (χ4n) is 1.76. The lowest BCUT2D eigenvalue weighted by Crippen LogP contribution is -2.36. The average molecular weight is 323 g/mol. The van der Waals surface area contributed by atoms with E-state index in [9.17, 15) is 0 Å². The number of guanidine groups is 1. The number of aliphatic imine (C=N–C) groups is 1. The van der Waals surface area contributed by atoms with Crippen molar-refractivity contribution in [1.82, 2.24) is 15.6 Å². The molecule has 21 heavy (non-hydrogen) atoms. The van der Waals surface area contributed by atoms with E-state index < -0.39 is 0 Å². The van der Waals surface area contributed by atoms with E-state index in [2.05, 4.69) is 27.5 Å². The SMILES string of the molecule is CCNC(=NCc1ccc(Cl)cc1)NCc1scnc1C. The van der Waals surface area contributed by atoms with E-state index >= 15 is 0 Å². The standard InChI is InChI=1S/C15H19ClN4S/c1-3-17-15(19-9-14-11(2)20-10-21-14)18-8-12-4-6-13(16)7-5-12/h4-7,10H,3,8-9H2,1-2H3,(H2,17,18,19). The molecule has 0 aliphatic rings. The van der Waals surface area contributed by atoms with Gasteiger partial charge in [-0.2, -0.15) is 0 Å². The van der Waals surface area contributed by atoms with Gasteiger partial charge in [0.15, 0.2) is 5.96 Å². The third kappa shape index (κ3) is 5.02. The van der Waals surface area contributed by atoms with Gasteiger partial charge in [0.05, 0.1) is 24.3 Å². The van der Waals surface area contributed by atoms with Crippen LogP contribution in [0.15, 0.2) is 34.8 Å². The van der Waals surface area contributed by atoms with Gasteiger partial charge in [0.1, 0.15) is 0 Å². The van der Waals surface area contributed by atoms with Crippen molar-refractivity contribution in [2.75, 3.05) is 6.54 Å². The highest BCUT2D eigenvalue weighted by molar-refractivity contribution is 7.09. The van der Waals surface area contributed by atoms with Crippen LogP contribution in [-0.4, -0.2) is 17.5 Å². The Labute approximate surface area is 134 Å². The maximum Gasteiger partial charge on any atom is 0.191 e. The largest absolute Gasteiger partial charge is 0.357 e. The van der Waals surface area contributed by atoms with Crippen molar-refractivity contribution in [3.8, 4) is 0 Å². The van der Waals surface area contributed by atoms with Gasteiger partial charge in [0.25, 0.3) is 0 Å². The molecule has 6 heteroatoms. The molecule has 0 radical (unpaired) electrons. The molecular formula is C15H19ClN4S. The van der Waals surface area contributed by atoms with Crippen LogP contribution in [0.2, 0.25) is 5.02 Å². The van der Waals surface area contributed by atoms with E-state index in [4.69, 9.17) is 11.6 Å². The van der Waals surface area contributed by atoms with Crippen molar-refractivity contribution in [1.29, 1.82) is 0 Å². The van der Waals surface area contributed by atoms with E-state index in [1.807, 2.05) is 36.7 Å². The summed E-state index contributed by atoms with van der Waals surface area (Å²) in [5.74, 6) is 0.806. The molecule has 0 aliphatic heterocycles. The Bertz CT molecular complexity index is 592. The number of thiazole rings is 1. The van der Waals surface area contributed by atoms with Crippen molar-refractivity contribution < 1.29 is 0 Å². The van der Waals surface area contributed by atoms with Gasteiger partial charge in [-0.25, -0.2) is 9.98 Å². The monoisotopic (exact) mass is 322 g/mol. The molecule has 2 rings (SSSR count). The van der Waals surface area contributed by atoms with Gasteiger partial charge < -0.3 is 10.6 Å². The molecule has 1 aromatic heterocycles. The highest BCUT2D eigenvalue weighted by Gasteiger charge is 2.03. The summed E-state index contributed by atoms with van der Waals surface area (Å²) in [7, 11) is 0. The number of nitrogens with zero attached hydrogens (tertiary/aromatic N) is 2. The van der Waals surface area contributed by atoms with Crippen LogP contribution >= 0.6 is 22.9 Å². The molecular weight excluding hydrogens is 304 g/mol. The van der Waals surface area contributed by atoms with Crippen LogP contribution in [0.1, 0.15) is 23.1 Å². The van der Waals surface area contributed by atoms with E-state index in [0.717, 1.165) is 35.3 Å². The van der Waals surface area contributed by atoms with Crippen LogP contribution in [0, 0.1) is 6.92 Å². The topological polar surface area (TPSA) is 49.3 Å². The third-order valence-corrected chi connectivity index (χ3v) is 4.13. The first-order valence-corrected chi connectivity index (χ1v) is 8.10. The average Bonchev–Trinajstić information content (AvgIpc) is 2.89. The van der Waals surface area contributed by atoms with Gasteiger partial charge in [-0.1, -0.05) is 23.7 Å². The zero-order valence-electron chi connectivity index (χ0n) is 12.2. The minimum absolute atomic E-state index is 0.619. The van der Waals surface area contributed by atoms with Crippen molar-refractivity contribution in [3.05, 3.63) is 50.9 Å². The van der Waals surface area contributed by atoms with E-state index in [-0.39, 0.29) is 0 Å². The molecule has 112 valence electrons. The molecule has 0 unspecified atom stereocenters. The van der Waals surface area contributed by atoms with Crippen LogP contribution in [0.3, 0.4) is 0 Å². The Balaban J connectivity index is 1.95. The quantitative estimate of drug-likeness (QED) is 0.655. The summed E-state index contributed by atoms with van der Waals surface area (Å²) in [5, 5.41) is 7.32. The number of benzene rings is 1. The molecule has 4 nitrogen and oxygen atoms in total. The molecule has 0 spiro atoms. The first-order chi connectivity index (χ1) is 10.2. The van der Waals surface area contributed by atoms with Gasteiger partial charge in [0, 0.05) is 16.4 Å². The van der Waals surface area contributed by atoms with Crippen molar-refractivity contribution >= 4 is 28.9 Å². The molecule has 0 amide bonds. The molecule has 0 aliphatic carbocycles. The number of aromatic nitrogens is 1. The number of hydrogen-bond donors (Lipinski definition) is 2. The molecule has 0 saturated heterocycles. The maximum atomic E-state index is 5.88. The molecule has 2 aromatic rings. The lowest BCUT2D eigenvalue weighted by atomic mass is 10.2. The number of nitrogens with one attached hydrogen (secondary N) is 2. The van der Waals surface area contributed by atoms with Crippen LogP contribution in [0.5, 0.6) is 0 Å². The van der Waals surface area contributed by atoms with Crippen LogP contribution < -0.4 is 10.6 Å². The summed E-state index contributed by atoms with van der Waals surface area (Å²) in [4.78, 5) is 10.1. The van der Waals surface area contributed by atoms with Gasteiger partial charge in [-0.05, 0) is 31.5 Å². The van der Waals surface area contributed by atoms with Crippen molar-refractivity contribution in [2.45, 2.75) is 26.9 Å². The second-order valence-corrected chi connectivity index (χ2v) is 5.91. The Morgan fingerprint density at radius 1 is 1.29 bits per heavy atom. The number of halogens is 1. The normalized spacial score (nSPS) is 11.5. The summed E-state index contributed by atoms with van der Waals surface area (Å²) < 4.78 is 0. The zero-order valence-corrected chi connectivity index (χ0v) is 13.8. The lowest BCUT2D eigenvalue weighted by Gasteiger charge is -2.10. The fraction of sp³-hybridized carbons (Fsp3) is 0.333. The summed E-state index contributed by atoms with van der Waals surface area (Å²) in [6.07, 6.45) is 0. The predicted octanol–water partition coefficient (Wildman–Crippen LogP) is 3.36. The van der Waals surface area contributed by atoms with E-state index in [0.29, 0.717) is 6.54 Å². The second kappa shape index (κ2) is 8.00. The Morgan fingerprint density at radius 2 is 2.05 bits per heavy atom. The molecule has 2 N–H and O–H groups in total. The van der Waals surface area contributed by atoms with Crippen LogP contribution in [0.4, 0.5) is 0 Å². The van der Waals surface area contributed by atoms with Gasteiger partial charge in [-0.3, -0.25) is 0 Å². The number of hydrogen-bond acceptors (Lipinski definition) is 3. The predicted molar refractivity (Wildman–Crippen MR) is 90.0 cm³/mol. The summed E-state index contributed by atoms with van der Waals surface area (Å²) in [6.45, 7) is 6.26. The zero-order chi connectivity index (χ0) is 15.1. The van der Waals surface area contributed by atoms with Gasteiger partial charge in [-0.15, -0.1) is 11.3 Å². The van der Waals surface area contributed by atoms with Gasteiger partial charge >= 0.3 is 0 Å². The van der Waals surface area contributed by atoms with Crippen LogP contribution in [0.25, 0.3) is 0 Å². The summed E-state index contributed by atoms with van der Waals surface area (Å²) in [6, 6.07) is 7.74. The van der Waals surface area contributed by atoms with E-state index in [1.165, 1.54) is 4.88 Å². The van der Waals surface area contributed by atoms with Crippen molar-refractivity contribution in [2.24, 2.45) is 4.99 Å². The molecule has 0 fully saturated rings. The molecule has 0 atom stereocenters. The maximum absolute atomic E-state index is 5.88. The van der Waals surface area contributed by atoms with E-state index in [1.54, 1.807) is 11.3 Å². The molecule has 1 heterocycles. The molecule has 0 bridgehead atoms. The minimum atomic E-state index is 0.619. The summed E-state index contributed by atoms with van der Waals surface area (Å²) in [5.41, 5.74) is 4.07. The Morgan fingerprint density at radius 3 is 2.67 bits per heavy atom. The minimum Gasteiger partial charge on any atom is -0.357 e. The van der Waals surface area contributed by atoms with Crippen molar-refractivity contribution in [3.63, 3.8) is 0 Å².